The van der Waals surface area contributed by atoms with Crippen molar-refractivity contribution in [3.8, 4) is 5.75 Å². The van der Waals surface area contributed by atoms with Gasteiger partial charge in [0.05, 0.1) is 18.9 Å². The third-order valence-electron chi connectivity index (χ3n) is 3.57. The van der Waals surface area contributed by atoms with E-state index in [4.69, 9.17) is 9.88 Å². The van der Waals surface area contributed by atoms with E-state index in [2.05, 4.69) is 15.6 Å². The van der Waals surface area contributed by atoms with Gasteiger partial charge in [0.1, 0.15) is 5.75 Å². The molecule has 0 spiro atoms. The highest BCUT2D eigenvalue weighted by Crippen LogP contribution is 2.30. The largest absolute Gasteiger partial charge is 0.493 e. The average Bonchev–Trinajstić information content (AvgIpc) is 3.34. The first-order chi connectivity index (χ1) is 11.5. The van der Waals surface area contributed by atoms with Crippen LogP contribution in [0.15, 0.2) is 29.3 Å². The molecule has 1 fully saturated rings. The zero-order valence-electron chi connectivity index (χ0n) is 14.0. The van der Waals surface area contributed by atoms with Gasteiger partial charge >= 0.3 is 0 Å². The Morgan fingerprint density at radius 1 is 1.33 bits per heavy atom. The van der Waals surface area contributed by atoms with E-state index < -0.39 is 10.0 Å². The first-order valence-electron chi connectivity index (χ1n) is 8.21. The van der Waals surface area contributed by atoms with Crippen LogP contribution in [-0.4, -0.2) is 39.8 Å². The van der Waals surface area contributed by atoms with Gasteiger partial charge in [0, 0.05) is 18.7 Å². The van der Waals surface area contributed by atoms with Crippen molar-refractivity contribution in [1.82, 2.24) is 10.6 Å². The molecule has 1 saturated carbocycles. The fourth-order valence-electron chi connectivity index (χ4n) is 2.09. The zero-order valence-corrected chi connectivity index (χ0v) is 14.8. The van der Waals surface area contributed by atoms with E-state index in [0.29, 0.717) is 25.0 Å². The summed E-state index contributed by atoms with van der Waals surface area (Å²) in [5.74, 6) is 1.96. The summed E-state index contributed by atoms with van der Waals surface area (Å²) in [4.78, 5) is 4.49. The first-order valence-corrected chi connectivity index (χ1v) is 9.93. The molecule has 0 saturated heterocycles. The number of sulfonamides is 1. The number of aliphatic imine (C=N–C) groups is 1. The lowest BCUT2D eigenvalue weighted by Gasteiger charge is -2.12. The van der Waals surface area contributed by atoms with Crippen molar-refractivity contribution in [1.29, 1.82) is 0 Å². The van der Waals surface area contributed by atoms with Gasteiger partial charge in [-0.15, -0.1) is 0 Å². The molecule has 0 aliphatic heterocycles. The predicted molar refractivity (Wildman–Crippen MR) is 95.5 cm³/mol. The zero-order chi connectivity index (χ0) is 17.4. The molecule has 4 N–H and O–H groups in total. The van der Waals surface area contributed by atoms with E-state index in [9.17, 15) is 8.42 Å². The maximum atomic E-state index is 11.0. The van der Waals surface area contributed by atoms with Crippen LogP contribution in [-0.2, 0) is 16.6 Å². The number of nitrogens with two attached hydrogens (primary N) is 1. The second kappa shape index (κ2) is 8.89. The molecule has 8 heteroatoms. The van der Waals surface area contributed by atoms with E-state index in [1.165, 1.54) is 12.8 Å². The Labute approximate surface area is 143 Å². The number of primary sulfonamides is 1. The molecular formula is C16H26N4O3S. The van der Waals surface area contributed by atoms with Gasteiger partial charge in [-0.2, -0.15) is 0 Å². The maximum absolute atomic E-state index is 11.0. The van der Waals surface area contributed by atoms with E-state index in [1.807, 2.05) is 31.2 Å². The van der Waals surface area contributed by atoms with Crippen LogP contribution in [0.4, 0.5) is 0 Å². The van der Waals surface area contributed by atoms with Crippen molar-refractivity contribution >= 4 is 16.0 Å². The number of ether oxygens (including phenoxy) is 1. The topological polar surface area (TPSA) is 106 Å². The quantitative estimate of drug-likeness (QED) is 0.450. The van der Waals surface area contributed by atoms with Crippen molar-refractivity contribution in [3.63, 3.8) is 0 Å². The van der Waals surface area contributed by atoms with Gasteiger partial charge in [0.2, 0.25) is 10.0 Å². The molecule has 1 aromatic rings. The summed E-state index contributed by atoms with van der Waals surface area (Å²) in [6, 6.07) is 7.84. The Morgan fingerprint density at radius 3 is 2.75 bits per heavy atom. The molecule has 0 bridgehead atoms. The van der Waals surface area contributed by atoms with Crippen molar-refractivity contribution < 1.29 is 13.2 Å². The fourth-order valence-corrected chi connectivity index (χ4v) is 2.47. The number of rotatable bonds is 9. The van der Waals surface area contributed by atoms with Crippen molar-refractivity contribution in [3.05, 3.63) is 29.8 Å². The molecule has 7 nitrogen and oxygen atoms in total. The van der Waals surface area contributed by atoms with Crippen LogP contribution in [0.25, 0.3) is 0 Å². The molecule has 1 aromatic carbocycles. The standard InChI is InChI=1S/C16H26N4O3S/c1-2-18-16(19-9-10-24(17,21)22)20-11-14-5-3-4-6-15(14)23-12-13-7-8-13/h3-6,13H,2,7-12H2,1H3,(H2,17,21,22)(H2,18,19,20). The van der Waals surface area contributed by atoms with Gasteiger partial charge in [-0.1, -0.05) is 18.2 Å². The Balaban J connectivity index is 1.94. The molecule has 0 radical (unpaired) electrons. The highest BCUT2D eigenvalue weighted by molar-refractivity contribution is 7.89. The molecule has 1 aliphatic rings. The third-order valence-corrected chi connectivity index (χ3v) is 4.35. The number of nitrogens with one attached hydrogen (secondary N) is 2. The van der Waals surface area contributed by atoms with Crippen molar-refractivity contribution in [2.45, 2.75) is 26.3 Å². The molecule has 134 valence electrons. The number of guanidine groups is 1. The number of hydrogen-bond donors (Lipinski definition) is 3. The smallest absolute Gasteiger partial charge is 0.210 e. The minimum Gasteiger partial charge on any atom is -0.493 e. The monoisotopic (exact) mass is 354 g/mol. The number of para-hydroxylation sites is 1. The summed E-state index contributed by atoms with van der Waals surface area (Å²) in [7, 11) is -3.48. The second-order valence-corrected chi connectivity index (χ2v) is 7.58. The molecule has 0 atom stereocenters. The Hall–Kier alpha value is -1.80. The maximum Gasteiger partial charge on any atom is 0.210 e. The molecule has 1 aliphatic carbocycles. The summed E-state index contributed by atoms with van der Waals surface area (Å²) < 4.78 is 27.8. The lowest BCUT2D eigenvalue weighted by Crippen LogP contribution is -2.40. The van der Waals surface area contributed by atoms with Gasteiger partial charge in [-0.3, -0.25) is 0 Å². The predicted octanol–water partition coefficient (Wildman–Crippen LogP) is 0.819. The van der Waals surface area contributed by atoms with Gasteiger partial charge in [0.15, 0.2) is 5.96 Å². The van der Waals surface area contributed by atoms with Gasteiger partial charge in [0.25, 0.3) is 0 Å². The Morgan fingerprint density at radius 2 is 2.08 bits per heavy atom. The van der Waals surface area contributed by atoms with Gasteiger partial charge in [-0.05, 0) is 31.7 Å². The highest BCUT2D eigenvalue weighted by atomic mass is 32.2. The molecule has 2 rings (SSSR count). The third kappa shape index (κ3) is 7.18. The molecule has 24 heavy (non-hydrogen) atoms. The summed E-state index contributed by atoms with van der Waals surface area (Å²) in [6.07, 6.45) is 2.50. The van der Waals surface area contributed by atoms with Crippen LogP contribution < -0.4 is 20.5 Å². The Kier molecular flexibility index (Phi) is 6.86. The van der Waals surface area contributed by atoms with Crippen LogP contribution in [0.1, 0.15) is 25.3 Å². The van der Waals surface area contributed by atoms with Crippen LogP contribution in [0, 0.1) is 5.92 Å². The van der Waals surface area contributed by atoms with Crippen LogP contribution in [0.5, 0.6) is 5.75 Å². The minimum atomic E-state index is -3.48. The molecule has 0 amide bonds. The van der Waals surface area contributed by atoms with Crippen LogP contribution in [0.3, 0.4) is 0 Å². The normalized spacial score (nSPS) is 15.2. The highest BCUT2D eigenvalue weighted by Gasteiger charge is 2.22. The molecule has 0 heterocycles. The van der Waals surface area contributed by atoms with E-state index >= 15 is 0 Å². The average molecular weight is 354 g/mol. The molecule has 0 unspecified atom stereocenters. The SMILES string of the molecule is CCNC(=NCc1ccccc1OCC1CC1)NCCS(N)(=O)=O. The minimum absolute atomic E-state index is 0.140. The number of nitrogens with zero attached hydrogens (tertiary/aromatic N) is 1. The van der Waals surface area contributed by atoms with Crippen molar-refractivity contribution in [2.24, 2.45) is 16.0 Å². The number of hydrogen-bond acceptors (Lipinski definition) is 4. The molecule has 0 aromatic heterocycles. The summed E-state index contributed by atoms with van der Waals surface area (Å²) in [5.41, 5.74) is 1.00. The lowest BCUT2D eigenvalue weighted by atomic mass is 10.2. The van der Waals surface area contributed by atoms with E-state index in [1.54, 1.807) is 0 Å². The lowest BCUT2D eigenvalue weighted by molar-refractivity contribution is 0.297. The van der Waals surface area contributed by atoms with E-state index in [0.717, 1.165) is 17.9 Å². The summed E-state index contributed by atoms with van der Waals surface area (Å²) in [6.45, 7) is 4.05. The number of benzene rings is 1. The second-order valence-electron chi connectivity index (χ2n) is 5.85. The summed E-state index contributed by atoms with van der Waals surface area (Å²) in [5, 5.41) is 11.0. The van der Waals surface area contributed by atoms with Crippen LogP contribution >= 0.6 is 0 Å². The van der Waals surface area contributed by atoms with Crippen LogP contribution in [0.2, 0.25) is 0 Å². The molecular weight excluding hydrogens is 328 g/mol. The van der Waals surface area contributed by atoms with Gasteiger partial charge in [-0.25, -0.2) is 18.5 Å². The summed E-state index contributed by atoms with van der Waals surface area (Å²) >= 11 is 0. The van der Waals surface area contributed by atoms with Gasteiger partial charge < -0.3 is 15.4 Å². The Bertz CT molecular complexity index is 657. The van der Waals surface area contributed by atoms with Crippen molar-refractivity contribution in [2.75, 3.05) is 25.4 Å². The van der Waals surface area contributed by atoms with E-state index in [-0.39, 0.29) is 12.3 Å². The fraction of sp³-hybridized carbons (Fsp3) is 0.562. The first kappa shape index (κ1) is 18.5.